The molecule has 0 aliphatic rings. The van der Waals surface area contributed by atoms with Crippen molar-refractivity contribution >= 4 is 28.7 Å². The van der Waals surface area contributed by atoms with Gasteiger partial charge in [-0.15, -0.1) is 0 Å². The molecule has 1 amide bonds. The third kappa shape index (κ3) is 5.95. The van der Waals surface area contributed by atoms with Crippen LogP contribution in [-0.2, 0) is 27.5 Å². The zero-order valence-electron chi connectivity index (χ0n) is 18.9. The average molecular weight is 457 g/mol. The van der Waals surface area contributed by atoms with Crippen LogP contribution >= 0.6 is 0 Å². The minimum absolute atomic E-state index is 0.0449. The van der Waals surface area contributed by atoms with E-state index in [-0.39, 0.29) is 19.2 Å². The Morgan fingerprint density at radius 1 is 0.912 bits per heavy atom. The predicted octanol–water partition coefficient (Wildman–Crippen LogP) is 5.10. The van der Waals surface area contributed by atoms with Gasteiger partial charge in [0, 0.05) is 40.7 Å². The first-order valence-corrected chi connectivity index (χ1v) is 11.2. The molecule has 1 N–H and O–H groups in total. The number of carbonyl (C=O) groups is 2. The number of fused-ring (bicyclic) bond motifs is 1. The molecule has 7 nitrogen and oxygen atoms in total. The molecule has 0 spiro atoms. The lowest BCUT2D eigenvalue weighted by Crippen LogP contribution is -2.34. The Bertz CT molecular complexity index is 1290. The monoisotopic (exact) mass is 456 g/mol. The Morgan fingerprint density at radius 2 is 1.71 bits per heavy atom. The van der Waals surface area contributed by atoms with Crippen molar-refractivity contribution in [2.24, 2.45) is 0 Å². The topological polar surface area (TPSA) is 81.4 Å². The summed E-state index contributed by atoms with van der Waals surface area (Å²) < 4.78 is 12.5. The molecule has 34 heavy (non-hydrogen) atoms. The summed E-state index contributed by atoms with van der Waals surface area (Å²) in [7, 11) is 0. The quantitative estimate of drug-likeness (QED) is 0.295. The number of nitrogens with one attached hydrogen (secondary N) is 1. The van der Waals surface area contributed by atoms with Crippen LogP contribution in [0, 0.1) is 0 Å². The van der Waals surface area contributed by atoms with E-state index in [9.17, 15) is 9.59 Å². The van der Waals surface area contributed by atoms with Crippen LogP contribution in [0.3, 0.4) is 0 Å². The van der Waals surface area contributed by atoms with Gasteiger partial charge in [0.1, 0.15) is 18.7 Å². The van der Waals surface area contributed by atoms with Crippen molar-refractivity contribution in [2.75, 3.05) is 5.32 Å². The van der Waals surface area contributed by atoms with Crippen molar-refractivity contribution in [1.82, 2.24) is 5.10 Å². The van der Waals surface area contributed by atoms with Crippen molar-refractivity contribution in [3.05, 3.63) is 96.2 Å². The van der Waals surface area contributed by atoms with Crippen LogP contribution in [0.1, 0.15) is 30.9 Å². The summed E-state index contributed by atoms with van der Waals surface area (Å²) in [5.74, 6) is -0.283. The zero-order chi connectivity index (χ0) is 23.8. The fraction of sp³-hybridized carbons (Fsp3) is 0.185. The first kappa shape index (κ1) is 22.9. The summed E-state index contributed by atoms with van der Waals surface area (Å²) in [6.45, 7) is 2.11. The third-order valence-electron chi connectivity index (χ3n) is 5.20. The van der Waals surface area contributed by atoms with E-state index in [2.05, 4.69) is 10.4 Å². The van der Waals surface area contributed by atoms with Gasteiger partial charge in [-0.2, -0.15) is 0 Å². The number of benzene rings is 3. The first-order valence-electron chi connectivity index (χ1n) is 11.2. The third-order valence-corrected chi connectivity index (χ3v) is 5.20. The molecule has 4 aromatic rings. The Hall–Kier alpha value is -4.26. The highest BCUT2D eigenvalue weighted by Crippen LogP contribution is 2.20. The summed E-state index contributed by atoms with van der Waals surface area (Å²) in [5.41, 5.74) is 3.62. The van der Waals surface area contributed by atoms with E-state index < -0.39 is 6.09 Å². The lowest BCUT2D eigenvalue weighted by molar-refractivity contribution is -0.657. The maximum Gasteiger partial charge on any atom is 0.411 e. The molecule has 0 unspecified atom stereocenters. The van der Waals surface area contributed by atoms with Crippen molar-refractivity contribution in [3.8, 4) is 5.69 Å². The van der Waals surface area contributed by atoms with Crippen molar-refractivity contribution in [3.63, 3.8) is 0 Å². The molecule has 0 saturated carbocycles. The lowest BCUT2D eigenvalue weighted by Gasteiger charge is -2.12. The standard InChI is InChI=1S/C27H25N3O4/c1-2-8-26(31)33-19-22-13-14-23(30-16-15-21-11-6-7-12-24(21)29-30)17-25(22)28-27(32)34-18-20-9-4-3-5-10-20/h3-7,9-17H,2,8,18-19H2,1H3/p+1. The van der Waals surface area contributed by atoms with E-state index in [1.807, 2.05) is 85.9 Å². The van der Waals surface area contributed by atoms with Gasteiger partial charge in [0.2, 0.25) is 11.9 Å². The molecular weight excluding hydrogens is 430 g/mol. The normalized spacial score (nSPS) is 10.6. The van der Waals surface area contributed by atoms with E-state index in [0.29, 0.717) is 24.1 Å². The van der Waals surface area contributed by atoms with Crippen molar-refractivity contribution < 1.29 is 23.7 Å². The van der Waals surface area contributed by atoms with E-state index in [1.54, 1.807) is 10.7 Å². The number of rotatable bonds is 8. The summed E-state index contributed by atoms with van der Waals surface area (Å²) in [4.78, 5) is 24.4. The average Bonchev–Trinajstić information content (AvgIpc) is 2.87. The van der Waals surface area contributed by atoms with Crippen LogP contribution in [-0.4, -0.2) is 17.2 Å². The van der Waals surface area contributed by atoms with Gasteiger partial charge in [-0.3, -0.25) is 10.1 Å². The lowest BCUT2D eigenvalue weighted by atomic mass is 10.1. The molecule has 0 radical (unpaired) electrons. The highest BCUT2D eigenvalue weighted by molar-refractivity contribution is 5.86. The number of esters is 1. The van der Waals surface area contributed by atoms with Crippen molar-refractivity contribution in [1.29, 1.82) is 0 Å². The number of hydrogen-bond acceptors (Lipinski definition) is 5. The number of hydrogen-bond donors (Lipinski definition) is 1. The highest BCUT2D eigenvalue weighted by Gasteiger charge is 2.16. The summed E-state index contributed by atoms with van der Waals surface area (Å²) >= 11 is 0. The van der Waals surface area contributed by atoms with E-state index in [1.165, 1.54) is 0 Å². The second-order valence-corrected chi connectivity index (χ2v) is 7.76. The molecule has 0 saturated heterocycles. The molecule has 0 bridgehead atoms. The van der Waals surface area contributed by atoms with Crippen LogP contribution in [0.5, 0.6) is 0 Å². The molecule has 1 aromatic heterocycles. The number of ether oxygens (including phenoxy) is 2. The SMILES string of the molecule is CCCC(=O)OCc1ccc(-[n+]2ccc3ccccc3n2)cc1NC(=O)OCc1ccccc1. The number of carbonyl (C=O) groups excluding carboxylic acids is 2. The van der Waals surface area contributed by atoms with Gasteiger partial charge in [0.15, 0.2) is 0 Å². The molecule has 0 aliphatic heterocycles. The largest absolute Gasteiger partial charge is 0.461 e. The maximum absolute atomic E-state index is 12.5. The number of aromatic nitrogens is 2. The second-order valence-electron chi connectivity index (χ2n) is 7.76. The van der Waals surface area contributed by atoms with E-state index in [4.69, 9.17) is 9.47 Å². The molecule has 0 fully saturated rings. The van der Waals surface area contributed by atoms with Gasteiger partial charge in [0.25, 0.3) is 0 Å². The Morgan fingerprint density at radius 3 is 2.53 bits per heavy atom. The highest BCUT2D eigenvalue weighted by atomic mass is 16.5. The molecule has 0 aliphatic carbocycles. The van der Waals surface area contributed by atoms with E-state index in [0.717, 1.165) is 22.2 Å². The first-order chi connectivity index (χ1) is 16.6. The summed E-state index contributed by atoms with van der Waals surface area (Å²) in [6, 6.07) is 24.7. The zero-order valence-corrected chi connectivity index (χ0v) is 18.9. The summed E-state index contributed by atoms with van der Waals surface area (Å²) in [5, 5.41) is 8.48. The minimum atomic E-state index is -0.599. The van der Waals surface area contributed by atoms with Gasteiger partial charge in [-0.25, -0.2) is 4.79 Å². The van der Waals surface area contributed by atoms with Gasteiger partial charge < -0.3 is 9.47 Å². The molecule has 4 rings (SSSR count). The fourth-order valence-corrected chi connectivity index (χ4v) is 3.42. The summed E-state index contributed by atoms with van der Waals surface area (Å²) in [6.07, 6.45) is 2.31. The van der Waals surface area contributed by atoms with Crippen molar-refractivity contribution in [2.45, 2.75) is 33.0 Å². The number of nitrogens with zero attached hydrogens (tertiary/aromatic N) is 2. The van der Waals surface area contributed by atoms with Crippen LogP contribution in [0.4, 0.5) is 10.5 Å². The van der Waals surface area contributed by atoms with Gasteiger partial charge in [-0.05, 0) is 24.1 Å². The predicted molar refractivity (Wildman–Crippen MR) is 128 cm³/mol. The van der Waals surface area contributed by atoms with Gasteiger partial charge in [-0.1, -0.05) is 60.1 Å². The van der Waals surface area contributed by atoms with Crippen LogP contribution in [0.25, 0.3) is 16.6 Å². The number of anilines is 1. The minimum Gasteiger partial charge on any atom is -0.461 e. The Kier molecular flexibility index (Phi) is 7.45. The van der Waals surface area contributed by atoms with Gasteiger partial charge in [0.05, 0.1) is 5.69 Å². The molecular formula is C27H26N3O4+. The van der Waals surface area contributed by atoms with E-state index >= 15 is 0 Å². The Balaban J connectivity index is 1.56. The van der Waals surface area contributed by atoms with Gasteiger partial charge >= 0.3 is 12.1 Å². The molecule has 7 heteroatoms. The maximum atomic E-state index is 12.5. The molecule has 0 atom stereocenters. The molecule has 1 heterocycles. The second kappa shape index (κ2) is 11.0. The smallest absolute Gasteiger partial charge is 0.411 e. The number of amides is 1. The Labute approximate surface area is 197 Å². The van der Waals surface area contributed by atoms with Crippen LogP contribution in [0.15, 0.2) is 85.1 Å². The molecule has 172 valence electrons. The van der Waals surface area contributed by atoms with Crippen LogP contribution < -0.4 is 10.00 Å². The molecule has 3 aromatic carbocycles. The van der Waals surface area contributed by atoms with Crippen LogP contribution in [0.2, 0.25) is 0 Å². The fourth-order valence-electron chi connectivity index (χ4n) is 3.42.